The van der Waals surface area contributed by atoms with Crippen LogP contribution in [0.3, 0.4) is 0 Å². The molecule has 106 valence electrons. The van der Waals surface area contributed by atoms with Crippen LogP contribution in [0.4, 0.5) is 0 Å². The van der Waals surface area contributed by atoms with Crippen LogP contribution >= 0.6 is 0 Å². The number of hydrogen-bond acceptors (Lipinski definition) is 5. The molecule has 0 aliphatic carbocycles. The van der Waals surface area contributed by atoms with Crippen molar-refractivity contribution in [3.63, 3.8) is 0 Å². The average molecular weight is 294 g/mol. The molecule has 0 bridgehead atoms. The smallest absolute Gasteiger partial charge is 0.304 e. The summed E-state index contributed by atoms with van der Waals surface area (Å²) in [6, 6.07) is 9.31. The molecular formula is C14H14O5S. The van der Waals surface area contributed by atoms with Crippen molar-refractivity contribution in [3.8, 4) is 0 Å². The lowest BCUT2D eigenvalue weighted by Crippen LogP contribution is -2.18. The van der Waals surface area contributed by atoms with Gasteiger partial charge in [-0.2, -0.15) is 0 Å². The van der Waals surface area contributed by atoms with Crippen LogP contribution in [0.2, 0.25) is 0 Å². The van der Waals surface area contributed by atoms with Gasteiger partial charge >= 0.3 is 5.97 Å². The number of sulfone groups is 1. The lowest BCUT2D eigenvalue weighted by Gasteiger charge is -2.15. The van der Waals surface area contributed by atoms with E-state index in [1.807, 2.05) is 6.92 Å². The van der Waals surface area contributed by atoms with Gasteiger partial charge in [-0.15, -0.1) is 0 Å². The summed E-state index contributed by atoms with van der Waals surface area (Å²) < 4.78 is 35.1. The van der Waals surface area contributed by atoms with E-state index in [1.54, 1.807) is 12.1 Å². The highest BCUT2D eigenvalue weighted by Crippen LogP contribution is 2.30. The molecule has 1 heterocycles. The molecule has 6 heteroatoms. The molecule has 0 N–H and O–H groups in total. The maximum absolute atomic E-state index is 12.5. The highest BCUT2D eigenvalue weighted by Gasteiger charge is 2.34. The number of furan rings is 1. The van der Waals surface area contributed by atoms with Crippen LogP contribution in [0.25, 0.3) is 0 Å². The molecule has 0 fully saturated rings. The molecule has 1 atom stereocenters. The van der Waals surface area contributed by atoms with Crippen LogP contribution in [0.5, 0.6) is 0 Å². The first-order chi connectivity index (χ1) is 9.41. The van der Waals surface area contributed by atoms with Gasteiger partial charge in [-0.25, -0.2) is 8.42 Å². The maximum atomic E-state index is 12.5. The summed E-state index contributed by atoms with van der Waals surface area (Å²) in [5.41, 5.74) is -0.538. The molecule has 2 rings (SSSR count). The lowest BCUT2D eigenvalue weighted by molar-refractivity contribution is -0.143. The van der Waals surface area contributed by atoms with Crippen LogP contribution in [0.15, 0.2) is 52.0 Å². The quantitative estimate of drug-likeness (QED) is 0.810. The Morgan fingerprint density at radius 1 is 1.20 bits per heavy atom. The first-order valence-corrected chi connectivity index (χ1v) is 7.47. The number of ether oxygens (including phenoxy) is 1. The van der Waals surface area contributed by atoms with E-state index in [4.69, 9.17) is 9.15 Å². The van der Waals surface area contributed by atoms with Gasteiger partial charge in [-0.3, -0.25) is 4.79 Å². The molecule has 1 aromatic heterocycles. The van der Waals surface area contributed by atoms with Gasteiger partial charge in [0.15, 0.2) is 5.76 Å². The summed E-state index contributed by atoms with van der Waals surface area (Å²) >= 11 is 0. The Hall–Kier alpha value is -2.08. The van der Waals surface area contributed by atoms with Crippen molar-refractivity contribution in [1.82, 2.24) is 0 Å². The van der Waals surface area contributed by atoms with Gasteiger partial charge in [0.2, 0.25) is 9.84 Å². The maximum Gasteiger partial charge on any atom is 0.304 e. The van der Waals surface area contributed by atoms with E-state index < -0.39 is 21.2 Å². The monoisotopic (exact) mass is 294 g/mol. The van der Waals surface area contributed by atoms with Crippen LogP contribution in [0.1, 0.15) is 23.7 Å². The van der Waals surface area contributed by atoms with Crippen LogP contribution in [0, 0.1) is 6.92 Å². The molecule has 0 aliphatic rings. The zero-order valence-corrected chi connectivity index (χ0v) is 11.9. The van der Waals surface area contributed by atoms with Crippen molar-refractivity contribution >= 4 is 15.8 Å². The van der Waals surface area contributed by atoms with Crippen molar-refractivity contribution in [2.24, 2.45) is 0 Å². The number of aryl methyl sites for hydroxylation is 1. The molecule has 0 saturated heterocycles. The fourth-order valence-electron chi connectivity index (χ4n) is 1.70. The predicted octanol–water partition coefficient (Wildman–Crippen LogP) is 2.62. The van der Waals surface area contributed by atoms with E-state index in [2.05, 4.69) is 0 Å². The van der Waals surface area contributed by atoms with Crippen molar-refractivity contribution in [1.29, 1.82) is 0 Å². The third kappa shape index (κ3) is 2.91. The van der Waals surface area contributed by atoms with E-state index in [-0.39, 0.29) is 10.7 Å². The Bertz CT molecular complexity index is 684. The van der Waals surface area contributed by atoms with Gasteiger partial charge in [0.25, 0.3) is 5.44 Å². The molecule has 0 radical (unpaired) electrons. The van der Waals surface area contributed by atoms with Gasteiger partial charge in [-0.05, 0) is 31.2 Å². The molecule has 2 aromatic rings. The van der Waals surface area contributed by atoms with E-state index in [9.17, 15) is 13.2 Å². The zero-order valence-electron chi connectivity index (χ0n) is 11.1. The lowest BCUT2D eigenvalue weighted by atomic mass is 10.2. The fourth-order valence-corrected chi connectivity index (χ4v) is 3.17. The Morgan fingerprint density at radius 2 is 1.85 bits per heavy atom. The third-order valence-corrected chi connectivity index (χ3v) is 4.50. The van der Waals surface area contributed by atoms with Gasteiger partial charge in [0.1, 0.15) is 0 Å². The minimum absolute atomic E-state index is 0.0702. The van der Waals surface area contributed by atoms with Gasteiger partial charge < -0.3 is 9.15 Å². The second kappa shape index (κ2) is 5.50. The molecule has 0 spiro atoms. The SMILES string of the molecule is CC(=O)OC(c1ccco1)S(=O)(=O)c1ccc(C)cc1. The first kappa shape index (κ1) is 14.3. The van der Waals surface area contributed by atoms with E-state index in [0.717, 1.165) is 12.5 Å². The molecule has 1 aromatic carbocycles. The molecule has 1 unspecified atom stereocenters. The van der Waals surface area contributed by atoms with E-state index >= 15 is 0 Å². The summed E-state index contributed by atoms with van der Waals surface area (Å²) in [7, 11) is -3.87. The number of benzene rings is 1. The molecular weight excluding hydrogens is 280 g/mol. The number of hydrogen-bond donors (Lipinski definition) is 0. The van der Waals surface area contributed by atoms with Crippen molar-refractivity contribution in [2.75, 3.05) is 0 Å². The van der Waals surface area contributed by atoms with E-state index in [1.165, 1.54) is 30.5 Å². The van der Waals surface area contributed by atoms with Crippen molar-refractivity contribution in [3.05, 3.63) is 54.0 Å². The average Bonchev–Trinajstić information content (AvgIpc) is 2.89. The van der Waals surface area contributed by atoms with Gasteiger partial charge in [0.05, 0.1) is 11.2 Å². The zero-order chi connectivity index (χ0) is 14.8. The van der Waals surface area contributed by atoms with Crippen molar-refractivity contribution in [2.45, 2.75) is 24.2 Å². The Morgan fingerprint density at radius 3 is 2.35 bits per heavy atom. The second-order valence-corrected chi connectivity index (χ2v) is 6.30. The van der Waals surface area contributed by atoms with Crippen LogP contribution in [-0.2, 0) is 19.4 Å². The molecule has 5 nitrogen and oxygen atoms in total. The first-order valence-electron chi connectivity index (χ1n) is 5.92. The predicted molar refractivity (Wildman–Crippen MR) is 71.6 cm³/mol. The van der Waals surface area contributed by atoms with Crippen molar-refractivity contribution < 1.29 is 22.4 Å². The second-order valence-electron chi connectivity index (χ2n) is 4.31. The summed E-state index contributed by atoms with van der Waals surface area (Å²) in [5, 5.41) is 0. The number of carbonyl (C=O) groups excluding carboxylic acids is 1. The third-order valence-electron chi connectivity index (χ3n) is 2.68. The Balaban J connectivity index is 2.46. The minimum atomic E-state index is -3.87. The number of carbonyl (C=O) groups is 1. The highest BCUT2D eigenvalue weighted by atomic mass is 32.2. The summed E-state index contributed by atoms with van der Waals surface area (Å²) in [5.74, 6) is -0.622. The Labute approximate surface area is 117 Å². The Kier molecular flexibility index (Phi) is 3.94. The molecule has 0 aliphatic heterocycles. The van der Waals surface area contributed by atoms with Gasteiger partial charge in [-0.1, -0.05) is 17.7 Å². The topological polar surface area (TPSA) is 73.6 Å². The number of esters is 1. The minimum Gasteiger partial charge on any atom is -0.464 e. The van der Waals surface area contributed by atoms with Gasteiger partial charge in [0, 0.05) is 6.92 Å². The summed E-state index contributed by atoms with van der Waals surface area (Å²) in [6.45, 7) is 3.01. The number of rotatable bonds is 4. The van der Waals surface area contributed by atoms with Crippen LogP contribution < -0.4 is 0 Å². The highest BCUT2D eigenvalue weighted by molar-refractivity contribution is 7.91. The largest absolute Gasteiger partial charge is 0.464 e. The standard InChI is InChI=1S/C14H14O5S/c1-10-5-7-12(8-6-10)20(16,17)14(19-11(2)15)13-4-3-9-18-13/h3-9,14H,1-2H3. The summed E-state index contributed by atoms with van der Waals surface area (Å²) in [4.78, 5) is 11.2. The van der Waals surface area contributed by atoms with E-state index in [0.29, 0.717) is 0 Å². The van der Waals surface area contributed by atoms with Crippen LogP contribution in [-0.4, -0.2) is 14.4 Å². The molecule has 20 heavy (non-hydrogen) atoms. The normalized spacial score (nSPS) is 12.9. The fraction of sp³-hybridized carbons (Fsp3) is 0.214. The molecule has 0 amide bonds. The summed E-state index contributed by atoms with van der Waals surface area (Å²) in [6.07, 6.45) is 1.33. The molecule has 0 saturated carbocycles.